The van der Waals surface area contributed by atoms with Gasteiger partial charge in [-0.25, -0.2) is 8.42 Å². The molecule has 1 N–H and O–H groups in total. The summed E-state index contributed by atoms with van der Waals surface area (Å²) < 4.78 is 27.8. The maximum absolute atomic E-state index is 13.1. The van der Waals surface area contributed by atoms with Crippen molar-refractivity contribution in [2.75, 3.05) is 39.3 Å². The molecule has 0 radical (unpaired) electrons. The molecule has 0 spiro atoms. The van der Waals surface area contributed by atoms with Gasteiger partial charge < -0.3 is 9.80 Å². The van der Waals surface area contributed by atoms with Gasteiger partial charge in [-0.2, -0.15) is 4.31 Å². The number of carbonyl (C=O) groups is 1. The third-order valence-electron chi connectivity index (χ3n) is 6.96. The lowest BCUT2D eigenvalue weighted by Crippen LogP contribution is -3.15. The Morgan fingerprint density at radius 2 is 1.83 bits per heavy atom. The van der Waals surface area contributed by atoms with E-state index in [1.54, 1.807) is 10.4 Å². The summed E-state index contributed by atoms with van der Waals surface area (Å²) in [4.78, 5) is 16.5. The summed E-state index contributed by atoms with van der Waals surface area (Å²) in [5.41, 5.74) is 2.48. The number of benzene rings is 1. The summed E-state index contributed by atoms with van der Waals surface area (Å²) in [6.07, 6.45) is 7.61. The second-order valence-electron chi connectivity index (χ2n) is 8.76. The van der Waals surface area contributed by atoms with Crippen molar-refractivity contribution in [2.24, 2.45) is 0 Å². The van der Waals surface area contributed by atoms with E-state index in [4.69, 9.17) is 0 Å². The fourth-order valence-corrected chi connectivity index (χ4v) is 6.64. The molecule has 1 aromatic carbocycles. The molecule has 0 bridgehead atoms. The van der Waals surface area contributed by atoms with E-state index in [1.165, 1.54) is 22.4 Å². The Morgan fingerprint density at radius 3 is 2.59 bits per heavy atom. The van der Waals surface area contributed by atoms with Gasteiger partial charge in [0.05, 0.1) is 31.1 Å². The van der Waals surface area contributed by atoms with Crippen LogP contribution in [0.5, 0.6) is 0 Å². The number of nitrogens with one attached hydrogen (secondary N) is 1. The smallest absolute Gasteiger partial charge is 0.278 e. The van der Waals surface area contributed by atoms with Crippen LogP contribution in [0, 0.1) is 0 Å². The molecule has 1 aromatic rings. The van der Waals surface area contributed by atoms with Gasteiger partial charge >= 0.3 is 0 Å². The minimum absolute atomic E-state index is 0.237. The van der Waals surface area contributed by atoms with E-state index in [0.29, 0.717) is 43.7 Å². The third kappa shape index (κ3) is 4.37. The highest BCUT2D eigenvalue weighted by Gasteiger charge is 2.33. The topological polar surface area (TPSA) is 62.1 Å². The van der Waals surface area contributed by atoms with Crippen molar-refractivity contribution in [3.63, 3.8) is 0 Å². The largest absolute Gasteiger partial charge is 0.335 e. The highest BCUT2D eigenvalue weighted by molar-refractivity contribution is 7.89. The van der Waals surface area contributed by atoms with Gasteiger partial charge in [-0.3, -0.25) is 4.79 Å². The van der Waals surface area contributed by atoms with Crippen LogP contribution in [0.1, 0.15) is 50.2 Å². The molecule has 0 unspecified atom stereocenters. The number of aryl methyl sites for hydroxylation is 2. The lowest BCUT2D eigenvalue weighted by atomic mass is 10.00. The Balaban J connectivity index is 1.34. The molecule has 0 aromatic heterocycles. The van der Waals surface area contributed by atoms with Gasteiger partial charge in [-0.1, -0.05) is 13.0 Å². The second-order valence-corrected chi connectivity index (χ2v) is 10.7. The number of quaternary nitrogens is 1. The number of piperidine rings is 1. The first-order chi connectivity index (χ1) is 14.0. The number of sulfonamides is 1. The summed E-state index contributed by atoms with van der Waals surface area (Å²) in [6.45, 7) is 5.89. The van der Waals surface area contributed by atoms with Gasteiger partial charge in [0.1, 0.15) is 0 Å². The quantitative estimate of drug-likeness (QED) is 0.769. The van der Waals surface area contributed by atoms with E-state index < -0.39 is 10.0 Å². The molecule has 2 heterocycles. The average Bonchev–Trinajstić information content (AvgIpc) is 3.22. The van der Waals surface area contributed by atoms with E-state index >= 15 is 0 Å². The Hall–Kier alpha value is -1.44. The normalized spacial score (nSPS) is 23.9. The highest BCUT2D eigenvalue weighted by atomic mass is 32.2. The first kappa shape index (κ1) is 20.8. The van der Waals surface area contributed by atoms with Crippen molar-refractivity contribution in [3.8, 4) is 0 Å². The Labute approximate surface area is 174 Å². The maximum Gasteiger partial charge on any atom is 0.278 e. The van der Waals surface area contributed by atoms with Crippen LogP contribution in [-0.2, 0) is 27.7 Å². The van der Waals surface area contributed by atoms with Gasteiger partial charge in [0.2, 0.25) is 10.0 Å². The van der Waals surface area contributed by atoms with Crippen molar-refractivity contribution in [3.05, 3.63) is 29.3 Å². The second kappa shape index (κ2) is 8.74. The molecule has 6 nitrogen and oxygen atoms in total. The molecule has 2 fully saturated rings. The van der Waals surface area contributed by atoms with Crippen LogP contribution in [0.2, 0.25) is 0 Å². The number of hydrogen-bond donors (Lipinski definition) is 1. The summed E-state index contributed by atoms with van der Waals surface area (Å²) in [7, 11) is -3.44. The Morgan fingerprint density at radius 1 is 1.07 bits per heavy atom. The summed E-state index contributed by atoms with van der Waals surface area (Å²) in [6, 6.07) is 6.01. The van der Waals surface area contributed by atoms with E-state index in [-0.39, 0.29) is 5.91 Å². The summed E-state index contributed by atoms with van der Waals surface area (Å²) in [5, 5.41) is 0. The van der Waals surface area contributed by atoms with Crippen LogP contribution < -0.4 is 4.90 Å². The minimum Gasteiger partial charge on any atom is -0.335 e. The molecule has 29 heavy (non-hydrogen) atoms. The van der Waals surface area contributed by atoms with Crippen molar-refractivity contribution in [1.82, 2.24) is 9.21 Å². The first-order valence-corrected chi connectivity index (χ1v) is 12.7. The SMILES string of the molecule is CC[C@@H]1CCCCN1C(=O)C[NH+]1CCN(S(=O)(=O)c2ccc3c(c2)CCC3)CC1. The Bertz CT molecular complexity index is 847. The average molecular weight is 421 g/mol. The number of fused-ring (bicyclic) bond motifs is 1. The van der Waals surface area contributed by atoms with E-state index in [9.17, 15) is 13.2 Å². The zero-order valence-electron chi connectivity index (χ0n) is 17.5. The van der Waals surface area contributed by atoms with Crippen LogP contribution in [0.25, 0.3) is 0 Å². The van der Waals surface area contributed by atoms with E-state index in [1.807, 2.05) is 12.1 Å². The zero-order chi connectivity index (χ0) is 20.4. The number of nitrogens with zero attached hydrogens (tertiary/aromatic N) is 2. The van der Waals surface area contributed by atoms with Gasteiger partial charge in [0, 0.05) is 12.6 Å². The van der Waals surface area contributed by atoms with Crippen LogP contribution in [0.15, 0.2) is 23.1 Å². The molecule has 7 heteroatoms. The summed E-state index contributed by atoms with van der Waals surface area (Å²) in [5.74, 6) is 0.237. The highest BCUT2D eigenvalue weighted by Crippen LogP contribution is 2.26. The standard InChI is InChI=1S/C22H33N3O3S/c1-2-20-8-3-4-11-25(20)22(26)17-23-12-14-24(15-13-23)29(27,28)21-10-9-18-6-5-7-19(18)16-21/h9-10,16,20H,2-8,11-15,17H2,1H3/p+1/t20-/m1/s1. The molecule has 1 atom stereocenters. The van der Waals surface area contributed by atoms with Gasteiger partial charge in [-0.15, -0.1) is 0 Å². The van der Waals surface area contributed by atoms with Crippen molar-refractivity contribution < 1.29 is 18.1 Å². The van der Waals surface area contributed by atoms with Gasteiger partial charge in [0.25, 0.3) is 5.91 Å². The predicted molar refractivity (Wildman–Crippen MR) is 112 cm³/mol. The molecule has 1 aliphatic carbocycles. The molecular weight excluding hydrogens is 386 g/mol. The monoisotopic (exact) mass is 420 g/mol. The molecule has 3 aliphatic rings. The molecule has 2 aliphatic heterocycles. The van der Waals surface area contributed by atoms with Gasteiger partial charge in [0.15, 0.2) is 6.54 Å². The third-order valence-corrected chi connectivity index (χ3v) is 8.85. The van der Waals surface area contributed by atoms with Gasteiger partial charge in [-0.05, 0) is 68.2 Å². The van der Waals surface area contributed by atoms with Crippen molar-refractivity contribution >= 4 is 15.9 Å². The molecule has 2 saturated heterocycles. The predicted octanol–water partition coefficient (Wildman–Crippen LogP) is 0.856. The van der Waals surface area contributed by atoms with Crippen LogP contribution >= 0.6 is 0 Å². The number of piperazine rings is 1. The van der Waals surface area contributed by atoms with E-state index in [0.717, 1.165) is 45.1 Å². The van der Waals surface area contributed by atoms with Crippen LogP contribution in [0.3, 0.4) is 0 Å². The maximum atomic E-state index is 13.1. The summed E-state index contributed by atoms with van der Waals surface area (Å²) >= 11 is 0. The number of amides is 1. The molecule has 160 valence electrons. The number of rotatable bonds is 5. The van der Waals surface area contributed by atoms with Crippen LogP contribution in [0.4, 0.5) is 0 Å². The van der Waals surface area contributed by atoms with Crippen molar-refractivity contribution in [1.29, 1.82) is 0 Å². The molecule has 0 saturated carbocycles. The van der Waals surface area contributed by atoms with Crippen LogP contribution in [-0.4, -0.2) is 68.8 Å². The van der Waals surface area contributed by atoms with Crippen molar-refractivity contribution in [2.45, 2.75) is 62.8 Å². The lowest BCUT2D eigenvalue weighted by Gasteiger charge is -2.37. The number of hydrogen-bond acceptors (Lipinski definition) is 3. The molecular formula is C22H34N3O3S+. The molecule has 1 amide bonds. The number of likely N-dealkylation sites (tertiary alicyclic amines) is 1. The Kier molecular flexibility index (Phi) is 6.27. The van der Waals surface area contributed by atoms with E-state index in [2.05, 4.69) is 11.8 Å². The fraction of sp³-hybridized carbons (Fsp3) is 0.682. The number of carbonyl (C=O) groups excluding carboxylic acids is 1. The zero-order valence-corrected chi connectivity index (χ0v) is 18.3. The molecule has 4 rings (SSSR count). The lowest BCUT2D eigenvalue weighted by molar-refractivity contribution is -0.896. The minimum atomic E-state index is -3.44. The fourth-order valence-electron chi connectivity index (χ4n) is 5.15. The first-order valence-electron chi connectivity index (χ1n) is 11.2.